The van der Waals surface area contributed by atoms with Gasteiger partial charge in [0, 0.05) is 16.5 Å². The van der Waals surface area contributed by atoms with Crippen LogP contribution < -0.4 is 10.0 Å². The van der Waals surface area contributed by atoms with E-state index in [4.69, 9.17) is 0 Å². The first-order valence-electron chi connectivity index (χ1n) is 10.1. The Balaban J connectivity index is 1.58. The van der Waals surface area contributed by atoms with Gasteiger partial charge in [-0.3, -0.25) is 14.5 Å². The van der Waals surface area contributed by atoms with Gasteiger partial charge in [0.25, 0.3) is 0 Å². The SMILES string of the molecule is O=C([O-])c1cc(-c2cccc(N3C(=O)[C@H]4CCCC[C@@H]4C3=O)c2)nc2ccccc12. The summed E-state index contributed by atoms with van der Waals surface area (Å²) in [5, 5.41) is 12.2. The number of rotatable bonds is 3. The zero-order valence-corrected chi connectivity index (χ0v) is 16.2. The van der Waals surface area contributed by atoms with Crippen molar-refractivity contribution in [3.05, 3.63) is 60.2 Å². The Labute approximate surface area is 173 Å². The lowest BCUT2D eigenvalue weighted by molar-refractivity contribution is -0.254. The maximum atomic E-state index is 12.9. The molecule has 0 N–H and O–H groups in total. The molecule has 1 saturated carbocycles. The summed E-state index contributed by atoms with van der Waals surface area (Å²) in [6.07, 6.45) is 3.46. The smallest absolute Gasteiger partial charge is 0.237 e. The van der Waals surface area contributed by atoms with Gasteiger partial charge in [0.2, 0.25) is 11.8 Å². The van der Waals surface area contributed by atoms with Gasteiger partial charge in [-0.15, -0.1) is 0 Å². The molecule has 30 heavy (non-hydrogen) atoms. The number of hydrogen-bond acceptors (Lipinski definition) is 5. The van der Waals surface area contributed by atoms with Crippen LogP contribution in [-0.4, -0.2) is 22.8 Å². The lowest BCUT2D eigenvalue weighted by Crippen LogP contribution is -2.30. The molecule has 6 nitrogen and oxygen atoms in total. The third-order valence-corrected chi connectivity index (χ3v) is 6.18. The van der Waals surface area contributed by atoms with Crippen LogP contribution in [-0.2, 0) is 9.59 Å². The molecule has 1 aliphatic heterocycles. The summed E-state index contributed by atoms with van der Waals surface area (Å²) in [6, 6.07) is 15.5. The number of para-hydroxylation sites is 1. The average molecular weight is 399 g/mol. The minimum atomic E-state index is -1.28. The molecule has 1 saturated heterocycles. The van der Waals surface area contributed by atoms with E-state index < -0.39 is 5.97 Å². The van der Waals surface area contributed by atoms with Crippen LogP contribution in [0.15, 0.2) is 54.6 Å². The van der Waals surface area contributed by atoms with Crippen molar-refractivity contribution in [3.63, 3.8) is 0 Å². The largest absolute Gasteiger partial charge is 0.545 e. The molecule has 2 aromatic carbocycles. The summed E-state index contributed by atoms with van der Waals surface area (Å²) in [7, 11) is 0. The third kappa shape index (κ3) is 2.87. The molecular formula is C24H19N2O4-. The van der Waals surface area contributed by atoms with Gasteiger partial charge >= 0.3 is 0 Å². The lowest BCUT2D eigenvalue weighted by atomic mass is 9.81. The van der Waals surface area contributed by atoms with E-state index in [9.17, 15) is 19.5 Å². The van der Waals surface area contributed by atoms with Crippen LogP contribution in [0, 0.1) is 11.8 Å². The van der Waals surface area contributed by atoms with Crippen molar-refractivity contribution in [3.8, 4) is 11.3 Å². The Morgan fingerprint density at radius 3 is 2.33 bits per heavy atom. The fourth-order valence-electron chi connectivity index (χ4n) is 4.71. The molecule has 0 unspecified atom stereocenters. The van der Waals surface area contributed by atoms with Gasteiger partial charge in [-0.2, -0.15) is 0 Å². The second-order valence-electron chi connectivity index (χ2n) is 7.92. The molecule has 150 valence electrons. The second kappa shape index (κ2) is 7.06. The van der Waals surface area contributed by atoms with E-state index in [1.54, 1.807) is 48.5 Å². The van der Waals surface area contributed by atoms with E-state index in [2.05, 4.69) is 4.98 Å². The molecule has 1 aromatic heterocycles. The first kappa shape index (κ1) is 18.5. The number of imide groups is 1. The fourth-order valence-corrected chi connectivity index (χ4v) is 4.71. The highest BCUT2D eigenvalue weighted by Crippen LogP contribution is 2.40. The Bertz CT molecular complexity index is 1180. The molecule has 2 amide bonds. The van der Waals surface area contributed by atoms with E-state index in [0.717, 1.165) is 25.7 Å². The topological polar surface area (TPSA) is 90.4 Å². The van der Waals surface area contributed by atoms with Gasteiger partial charge < -0.3 is 9.90 Å². The number of aromatic carboxylic acids is 1. The summed E-state index contributed by atoms with van der Waals surface area (Å²) in [6.45, 7) is 0. The summed E-state index contributed by atoms with van der Waals surface area (Å²) in [5.74, 6) is -2.00. The summed E-state index contributed by atoms with van der Waals surface area (Å²) < 4.78 is 0. The van der Waals surface area contributed by atoms with Gasteiger partial charge in [0.1, 0.15) is 0 Å². The number of carboxylic acids is 1. The van der Waals surface area contributed by atoms with Crippen LogP contribution in [0.4, 0.5) is 5.69 Å². The standard InChI is InChI=1S/C24H20N2O4/c27-22-17-9-1-2-10-18(17)23(28)26(22)15-7-5-6-14(12-15)21-13-19(24(29)30)16-8-3-4-11-20(16)25-21/h3-8,11-13,17-18H,1-2,9-10H2,(H,29,30)/p-1/t17-,18-/m0/s1. The summed E-state index contributed by atoms with van der Waals surface area (Å²) >= 11 is 0. The minimum Gasteiger partial charge on any atom is -0.545 e. The normalized spacial score (nSPS) is 21.1. The number of benzene rings is 2. The number of aromatic nitrogens is 1. The molecule has 0 radical (unpaired) electrons. The van der Waals surface area contributed by atoms with Crippen molar-refractivity contribution in [2.24, 2.45) is 11.8 Å². The highest BCUT2D eigenvalue weighted by molar-refractivity contribution is 6.22. The fraction of sp³-hybridized carbons (Fsp3) is 0.250. The number of anilines is 1. The summed E-state index contributed by atoms with van der Waals surface area (Å²) in [4.78, 5) is 43.4. The average Bonchev–Trinajstić information content (AvgIpc) is 3.03. The number of amides is 2. The predicted molar refractivity (Wildman–Crippen MR) is 109 cm³/mol. The van der Waals surface area contributed by atoms with E-state index >= 15 is 0 Å². The quantitative estimate of drug-likeness (QED) is 0.632. The first-order chi connectivity index (χ1) is 14.5. The Hall–Kier alpha value is -3.54. The number of carbonyl (C=O) groups excluding carboxylic acids is 3. The molecular weight excluding hydrogens is 380 g/mol. The van der Waals surface area contributed by atoms with Crippen LogP contribution in [0.3, 0.4) is 0 Å². The zero-order valence-electron chi connectivity index (χ0n) is 16.2. The molecule has 5 rings (SSSR count). The Morgan fingerprint density at radius 2 is 1.63 bits per heavy atom. The van der Waals surface area contributed by atoms with Crippen molar-refractivity contribution >= 4 is 34.4 Å². The molecule has 0 spiro atoms. The van der Waals surface area contributed by atoms with Gasteiger partial charge in [-0.25, -0.2) is 4.98 Å². The van der Waals surface area contributed by atoms with Crippen LogP contribution in [0.5, 0.6) is 0 Å². The lowest BCUT2D eigenvalue weighted by Gasteiger charge is -2.19. The van der Waals surface area contributed by atoms with Crippen LogP contribution >= 0.6 is 0 Å². The van der Waals surface area contributed by atoms with Gasteiger partial charge in [0.05, 0.1) is 34.7 Å². The second-order valence-corrected chi connectivity index (χ2v) is 7.92. The highest BCUT2D eigenvalue weighted by atomic mass is 16.4. The maximum absolute atomic E-state index is 12.9. The third-order valence-electron chi connectivity index (χ3n) is 6.18. The van der Waals surface area contributed by atoms with Crippen molar-refractivity contribution < 1.29 is 19.5 Å². The van der Waals surface area contributed by atoms with Crippen molar-refractivity contribution in [2.75, 3.05) is 4.90 Å². The zero-order chi connectivity index (χ0) is 20.8. The number of carbonyl (C=O) groups is 3. The van der Waals surface area contributed by atoms with Crippen molar-refractivity contribution in [2.45, 2.75) is 25.7 Å². The number of nitrogens with zero attached hydrogens (tertiary/aromatic N) is 2. The molecule has 6 heteroatoms. The molecule has 2 fully saturated rings. The predicted octanol–water partition coefficient (Wildman–Crippen LogP) is 2.94. The molecule has 1 aliphatic carbocycles. The number of pyridine rings is 1. The molecule has 2 aliphatic rings. The molecule has 3 aromatic rings. The Kier molecular flexibility index (Phi) is 4.35. The first-order valence-corrected chi connectivity index (χ1v) is 10.1. The van der Waals surface area contributed by atoms with Crippen molar-refractivity contribution in [1.29, 1.82) is 0 Å². The molecule has 2 heterocycles. The minimum absolute atomic E-state index is 0.0559. The number of carboxylic acid groups (broad SMARTS) is 1. The van der Waals surface area contributed by atoms with Crippen LogP contribution in [0.1, 0.15) is 36.0 Å². The van der Waals surface area contributed by atoms with E-state index in [-0.39, 0.29) is 29.2 Å². The summed E-state index contributed by atoms with van der Waals surface area (Å²) in [5.41, 5.74) is 2.18. The maximum Gasteiger partial charge on any atom is 0.237 e. The van der Waals surface area contributed by atoms with E-state index in [1.807, 2.05) is 0 Å². The number of fused-ring (bicyclic) bond motifs is 2. The monoisotopic (exact) mass is 399 g/mol. The molecule has 0 bridgehead atoms. The van der Waals surface area contributed by atoms with Crippen LogP contribution in [0.25, 0.3) is 22.2 Å². The van der Waals surface area contributed by atoms with E-state index in [1.165, 1.54) is 11.0 Å². The van der Waals surface area contributed by atoms with Gasteiger partial charge in [-0.05, 0) is 37.1 Å². The highest BCUT2D eigenvalue weighted by Gasteiger charge is 2.48. The Morgan fingerprint density at radius 1 is 0.933 bits per heavy atom. The van der Waals surface area contributed by atoms with E-state index in [0.29, 0.717) is 27.8 Å². The van der Waals surface area contributed by atoms with Crippen LogP contribution in [0.2, 0.25) is 0 Å². The van der Waals surface area contributed by atoms with Crippen molar-refractivity contribution in [1.82, 2.24) is 4.98 Å². The van der Waals surface area contributed by atoms with Gasteiger partial charge in [0.15, 0.2) is 0 Å². The molecule has 2 atom stereocenters. The number of hydrogen-bond donors (Lipinski definition) is 0. The van der Waals surface area contributed by atoms with Gasteiger partial charge in [-0.1, -0.05) is 43.2 Å².